The van der Waals surface area contributed by atoms with Gasteiger partial charge in [-0.1, -0.05) is 6.07 Å². The lowest BCUT2D eigenvalue weighted by Gasteiger charge is -2.04. The molecule has 0 atom stereocenters. The van der Waals surface area contributed by atoms with Crippen LogP contribution in [0.25, 0.3) is 0 Å². The van der Waals surface area contributed by atoms with Crippen LogP contribution in [-0.2, 0) is 6.42 Å². The third kappa shape index (κ3) is 1.99. The molecule has 0 saturated heterocycles. The van der Waals surface area contributed by atoms with Crippen molar-refractivity contribution < 1.29 is 4.79 Å². The Morgan fingerprint density at radius 3 is 3.00 bits per heavy atom. The van der Waals surface area contributed by atoms with Gasteiger partial charge >= 0.3 is 0 Å². The Morgan fingerprint density at radius 1 is 1.44 bits per heavy atom. The third-order valence-corrected chi connectivity index (χ3v) is 2.22. The van der Waals surface area contributed by atoms with E-state index in [1.807, 2.05) is 0 Å². The summed E-state index contributed by atoms with van der Waals surface area (Å²) in [4.78, 5) is 20.0. The molecular formula is C11H12N4O. The van der Waals surface area contributed by atoms with Gasteiger partial charge in [-0.05, 0) is 18.7 Å². The maximum Gasteiger partial charge on any atom is 0.281 e. The number of nitrogens with zero attached hydrogens (tertiary/aromatic N) is 3. The lowest BCUT2D eigenvalue weighted by molar-refractivity contribution is 0.0952. The van der Waals surface area contributed by atoms with Crippen LogP contribution < -0.4 is 5.73 Å². The molecule has 0 spiro atoms. The van der Waals surface area contributed by atoms with Gasteiger partial charge in [0.05, 0.1) is 0 Å². The molecule has 0 saturated carbocycles. The van der Waals surface area contributed by atoms with Crippen LogP contribution in [0.2, 0.25) is 0 Å². The van der Waals surface area contributed by atoms with Crippen LogP contribution in [-0.4, -0.2) is 27.0 Å². The van der Waals surface area contributed by atoms with Crippen molar-refractivity contribution in [2.75, 3.05) is 6.54 Å². The monoisotopic (exact) mass is 216 g/mol. The summed E-state index contributed by atoms with van der Waals surface area (Å²) in [5.74, 6) is -0.179. The van der Waals surface area contributed by atoms with E-state index in [9.17, 15) is 4.79 Å². The number of hydrogen-bond acceptors (Lipinski definition) is 4. The molecule has 82 valence electrons. The number of carbonyl (C=O) groups excluding carboxylic acids is 1. The highest BCUT2D eigenvalue weighted by Gasteiger charge is 2.12. The highest BCUT2D eigenvalue weighted by Crippen LogP contribution is 2.04. The first-order chi connectivity index (χ1) is 7.83. The first-order valence-corrected chi connectivity index (χ1v) is 5.00. The van der Waals surface area contributed by atoms with Crippen LogP contribution >= 0.6 is 0 Å². The van der Waals surface area contributed by atoms with E-state index < -0.39 is 0 Å². The SMILES string of the molecule is NCCc1cncn1C(=O)c1ccccn1. The molecule has 0 fully saturated rings. The fourth-order valence-corrected chi connectivity index (χ4v) is 1.45. The summed E-state index contributed by atoms with van der Waals surface area (Å²) >= 11 is 0. The second kappa shape index (κ2) is 4.67. The molecule has 0 unspecified atom stereocenters. The van der Waals surface area contributed by atoms with Crippen LogP contribution in [0.4, 0.5) is 0 Å². The van der Waals surface area contributed by atoms with Gasteiger partial charge < -0.3 is 5.73 Å². The maximum atomic E-state index is 12.0. The fraction of sp³-hybridized carbons (Fsp3) is 0.182. The second-order valence-electron chi connectivity index (χ2n) is 3.31. The van der Waals surface area contributed by atoms with Crippen molar-refractivity contribution in [2.24, 2.45) is 5.73 Å². The molecule has 0 aliphatic rings. The van der Waals surface area contributed by atoms with E-state index in [1.54, 1.807) is 30.6 Å². The molecule has 16 heavy (non-hydrogen) atoms. The summed E-state index contributed by atoms with van der Waals surface area (Å²) in [5, 5.41) is 0. The van der Waals surface area contributed by atoms with Crippen LogP contribution in [0.15, 0.2) is 36.9 Å². The molecule has 0 aliphatic carbocycles. The summed E-state index contributed by atoms with van der Waals surface area (Å²) in [5.41, 5.74) is 6.66. The van der Waals surface area contributed by atoms with Gasteiger partial charge in [-0.25, -0.2) is 4.98 Å². The smallest absolute Gasteiger partial charge is 0.281 e. The normalized spacial score (nSPS) is 10.3. The average Bonchev–Trinajstić information content (AvgIpc) is 2.78. The minimum atomic E-state index is -0.179. The molecule has 0 amide bonds. The number of imidazole rings is 1. The topological polar surface area (TPSA) is 73.8 Å². The number of pyridine rings is 1. The predicted molar refractivity (Wildman–Crippen MR) is 59.0 cm³/mol. The van der Waals surface area contributed by atoms with Gasteiger partial charge in [-0.3, -0.25) is 14.3 Å². The maximum absolute atomic E-state index is 12.0. The molecule has 0 aromatic carbocycles. The molecule has 0 aliphatic heterocycles. The van der Waals surface area contributed by atoms with E-state index in [0.29, 0.717) is 18.7 Å². The van der Waals surface area contributed by atoms with Crippen LogP contribution in [0.3, 0.4) is 0 Å². The Kier molecular flexibility index (Phi) is 3.07. The average molecular weight is 216 g/mol. The number of nitrogens with two attached hydrogens (primary N) is 1. The number of carbonyl (C=O) groups is 1. The highest BCUT2D eigenvalue weighted by molar-refractivity contribution is 5.94. The van der Waals surface area contributed by atoms with Gasteiger partial charge in [-0.2, -0.15) is 0 Å². The number of aromatic nitrogens is 3. The lowest BCUT2D eigenvalue weighted by atomic mass is 10.3. The summed E-state index contributed by atoms with van der Waals surface area (Å²) in [6.45, 7) is 0.487. The zero-order chi connectivity index (χ0) is 11.4. The van der Waals surface area contributed by atoms with Crippen molar-refractivity contribution in [3.05, 3.63) is 48.3 Å². The molecule has 2 N–H and O–H groups in total. The van der Waals surface area contributed by atoms with E-state index in [0.717, 1.165) is 5.69 Å². The van der Waals surface area contributed by atoms with E-state index in [-0.39, 0.29) is 5.91 Å². The quantitative estimate of drug-likeness (QED) is 0.809. The summed E-state index contributed by atoms with van der Waals surface area (Å²) in [6.07, 6.45) is 5.35. The van der Waals surface area contributed by atoms with Crippen molar-refractivity contribution in [2.45, 2.75) is 6.42 Å². The molecule has 0 bridgehead atoms. The third-order valence-electron chi connectivity index (χ3n) is 2.22. The first-order valence-electron chi connectivity index (χ1n) is 5.00. The fourth-order valence-electron chi connectivity index (χ4n) is 1.45. The van der Waals surface area contributed by atoms with Crippen LogP contribution in [0.1, 0.15) is 16.2 Å². The lowest BCUT2D eigenvalue weighted by Crippen LogP contribution is -2.17. The number of rotatable bonds is 3. The zero-order valence-corrected chi connectivity index (χ0v) is 8.71. The molecule has 2 aromatic rings. The number of hydrogen-bond donors (Lipinski definition) is 1. The summed E-state index contributed by atoms with van der Waals surface area (Å²) in [7, 11) is 0. The van der Waals surface area contributed by atoms with Crippen molar-refractivity contribution >= 4 is 5.91 Å². The summed E-state index contributed by atoms with van der Waals surface area (Å²) in [6, 6.07) is 5.22. The van der Waals surface area contributed by atoms with Gasteiger partial charge in [-0.15, -0.1) is 0 Å². The minimum Gasteiger partial charge on any atom is -0.330 e. The summed E-state index contributed by atoms with van der Waals surface area (Å²) < 4.78 is 1.48. The Bertz CT molecular complexity index is 478. The highest BCUT2D eigenvalue weighted by atomic mass is 16.2. The Balaban J connectivity index is 2.31. The van der Waals surface area contributed by atoms with Crippen LogP contribution in [0, 0.1) is 0 Å². The van der Waals surface area contributed by atoms with E-state index in [4.69, 9.17) is 5.73 Å². The van der Waals surface area contributed by atoms with Gasteiger partial charge in [0.2, 0.25) is 0 Å². The predicted octanol–water partition coefficient (Wildman–Crippen LogP) is 0.468. The second-order valence-corrected chi connectivity index (χ2v) is 3.31. The van der Waals surface area contributed by atoms with Gasteiger partial charge in [0.25, 0.3) is 5.91 Å². The van der Waals surface area contributed by atoms with E-state index >= 15 is 0 Å². The van der Waals surface area contributed by atoms with Crippen molar-refractivity contribution in [1.29, 1.82) is 0 Å². The Labute approximate surface area is 92.9 Å². The molecule has 2 rings (SSSR count). The van der Waals surface area contributed by atoms with E-state index in [2.05, 4.69) is 9.97 Å². The standard InChI is InChI=1S/C11H12N4O/c12-5-4-9-7-13-8-15(9)11(16)10-3-1-2-6-14-10/h1-3,6-8H,4-5,12H2. The van der Waals surface area contributed by atoms with Crippen molar-refractivity contribution in [3.63, 3.8) is 0 Å². The molecule has 2 aromatic heterocycles. The van der Waals surface area contributed by atoms with Gasteiger partial charge in [0.1, 0.15) is 12.0 Å². The zero-order valence-electron chi connectivity index (χ0n) is 8.71. The molecule has 0 radical (unpaired) electrons. The molecule has 2 heterocycles. The Hall–Kier alpha value is -2.01. The van der Waals surface area contributed by atoms with Gasteiger partial charge in [0, 0.05) is 24.5 Å². The molecular weight excluding hydrogens is 204 g/mol. The molecule has 5 heteroatoms. The van der Waals surface area contributed by atoms with E-state index in [1.165, 1.54) is 10.9 Å². The van der Waals surface area contributed by atoms with Crippen LogP contribution in [0.5, 0.6) is 0 Å². The van der Waals surface area contributed by atoms with Crippen molar-refractivity contribution in [1.82, 2.24) is 14.5 Å². The largest absolute Gasteiger partial charge is 0.330 e. The first kappa shape index (κ1) is 10.5. The van der Waals surface area contributed by atoms with Crippen molar-refractivity contribution in [3.8, 4) is 0 Å². The Morgan fingerprint density at radius 2 is 2.31 bits per heavy atom. The minimum absolute atomic E-state index is 0.179. The molecule has 5 nitrogen and oxygen atoms in total. The van der Waals surface area contributed by atoms with Gasteiger partial charge in [0.15, 0.2) is 0 Å².